The molecule has 0 atom stereocenters. The average Bonchev–Trinajstić information content (AvgIpc) is 2.74. The van der Waals surface area contributed by atoms with Gasteiger partial charge in [-0.2, -0.15) is 0 Å². The SMILES string of the molecule is CCOC(=O)c1cc(C(=O)Nc2ccc(N3CCOCC3)c(F)c2)cc([N+](=O)[O-])c1. The Kier molecular flexibility index (Phi) is 6.58. The maximum atomic E-state index is 14.5. The quantitative estimate of drug-likeness (QED) is 0.437. The number of halogens is 1. The number of nitro groups is 1. The first-order valence-electron chi connectivity index (χ1n) is 9.29. The normalized spacial score (nSPS) is 13.6. The topological polar surface area (TPSA) is 111 Å². The molecule has 2 aromatic rings. The summed E-state index contributed by atoms with van der Waals surface area (Å²) in [4.78, 5) is 36.8. The highest BCUT2D eigenvalue weighted by Crippen LogP contribution is 2.25. The molecule has 1 N–H and O–H groups in total. The summed E-state index contributed by atoms with van der Waals surface area (Å²) in [6.45, 7) is 3.82. The largest absolute Gasteiger partial charge is 0.462 e. The van der Waals surface area contributed by atoms with Crippen LogP contribution in [0.3, 0.4) is 0 Å². The lowest BCUT2D eigenvalue weighted by molar-refractivity contribution is -0.384. The molecule has 1 fully saturated rings. The lowest BCUT2D eigenvalue weighted by atomic mass is 10.1. The number of hydrogen-bond donors (Lipinski definition) is 1. The first-order valence-corrected chi connectivity index (χ1v) is 9.29. The van der Waals surface area contributed by atoms with Crippen LogP contribution in [0.25, 0.3) is 0 Å². The highest BCUT2D eigenvalue weighted by Gasteiger charge is 2.20. The first kappa shape index (κ1) is 21.2. The summed E-state index contributed by atoms with van der Waals surface area (Å²) in [6, 6.07) is 7.52. The molecule has 1 saturated heterocycles. The van der Waals surface area contributed by atoms with Crippen LogP contribution in [0.2, 0.25) is 0 Å². The molecule has 1 heterocycles. The molecule has 1 aliphatic heterocycles. The maximum Gasteiger partial charge on any atom is 0.338 e. The predicted octanol–water partition coefficient (Wildman–Crippen LogP) is 3.00. The Labute approximate surface area is 171 Å². The van der Waals surface area contributed by atoms with Crippen molar-refractivity contribution in [2.24, 2.45) is 0 Å². The van der Waals surface area contributed by atoms with Crippen LogP contribution in [-0.4, -0.2) is 49.7 Å². The third-order valence-electron chi connectivity index (χ3n) is 4.46. The van der Waals surface area contributed by atoms with Crippen molar-refractivity contribution in [2.75, 3.05) is 43.1 Å². The van der Waals surface area contributed by atoms with Gasteiger partial charge in [-0.05, 0) is 31.2 Å². The molecule has 9 nitrogen and oxygen atoms in total. The Morgan fingerprint density at radius 3 is 2.53 bits per heavy atom. The van der Waals surface area contributed by atoms with Crippen LogP contribution in [0.4, 0.5) is 21.5 Å². The van der Waals surface area contributed by atoms with Gasteiger partial charge in [0, 0.05) is 36.5 Å². The zero-order chi connectivity index (χ0) is 21.7. The Bertz CT molecular complexity index is 975. The van der Waals surface area contributed by atoms with Gasteiger partial charge in [0.15, 0.2) is 0 Å². The summed E-state index contributed by atoms with van der Waals surface area (Å²) in [6.07, 6.45) is 0. The van der Waals surface area contributed by atoms with E-state index in [1.165, 1.54) is 18.2 Å². The van der Waals surface area contributed by atoms with Gasteiger partial charge in [0.2, 0.25) is 0 Å². The summed E-state index contributed by atoms with van der Waals surface area (Å²) in [5.41, 5.74) is -0.0931. The molecular weight excluding hydrogens is 397 g/mol. The molecule has 0 radical (unpaired) electrons. The molecule has 0 bridgehead atoms. The van der Waals surface area contributed by atoms with Crippen molar-refractivity contribution in [1.29, 1.82) is 0 Å². The van der Waals surface area contributed by atoms with Crippen LogP contribution >= 0.6 is 0 Å². The first-order chi connectivity index (χ1) is 14.4. The number of nitrogens with zero attached hydrogens (tertiary/aromatic N) is 2. The fraction of sp³-hybridized carbons (Fsp3) is 0.300. The predicted molar refractivity (Wildman–Crippen MR) is 106 cm³/mol. The second kappa shape index (κ2) is 9.31. The van der Waals surface area contributed by atoms with Crippen LogP contribution < -0.4 is 10.2 Å². The van der Waals surface area contributed by atoms with E-state index >= 15 is 0 Å². The number of rotatable bonds is 6. The second-order valence-corrected chi connectivity index (χ2v) is 6.47. The molecule has 0 saturated carbocycles. The van der Waals surface area contributed by atoms with Crippen LogP contribution in [0, 0.1) is 15.9 Å². The van der Waals surface area contributed by atoms with Gasteiger partial charge in [-0.25, -0.2) is 9.18 Å². The molecule has 0 aromatic heterocycles. The number of anilines is 2. The van der Waals surface area contributed by atoms with E-state index in [9.17, 15) is 24.1 Å². The van der Waals surface area contributed by atoms with Crippen molar-refractivity contribution >= 4 is 28.9 Å². The van der Waals surface area contributed by atoms with E-state index in [2.05, 4.69) is 5.32 Å². The van der Waals surface area contributed by atoms with Crippen molar-refractivity contribution in [3.05, 3.63) is 63.5 Å². The van der Waals surface area contributed by atoms with Crippen LogP contribution in [0.1, 0.15) is 27.6 Å². The zero-order valence-corrected chi connectivity index (χ0v) is 16.2. The van der Waals surface area contributed by atoms with Gasteiger partial charge in [0.05, 0.1) is 36.0 Å². The van der Waals surface area contributed by atoms with Crippen molar-refractivity contribution in [3.8, 4) is 0 Å². The monoisotopic (exact) mass is 417 g/mol. The number of nitrogens with one attached hydrogen (secondary N) is 1. The number of ether oxygens (including phenoxy) is 2. The van der Waals surface area contributed by atoms with Crippen LogP contribution in [-0.2, 0) is 9.47 Å². The molecule has 1 amide bonds. The van der Waals surface area contributed by atoms with Crippen molar-refractivity contribution in [2.45, 2.75) is 6.92 Å². The molecule has 3 rings (SSSR count). The molecule has 0 aliphatic carbocycles. The zero-order valence-electron chi connectivity index (χ0n) is 16.2. The van der Waals surface area contributed by atoms with Gasteiger partial charge in [-0.15, -0.1) is 0 Å². The molecule has 10 heteroatoms. The minimum absolute atomic E-state index is 0.0812. The third-order valence-corrected chi connectivity index (χ3v) is 4.46. The Morgan fingerprint density at radius 1 is 1.20 bits per heavy atom. The lowest BCUT2D eigenvalue weighted by Crippen LogP contribution is -2.36. The van der Waals surface area contributed by atoms with Crippen molar-refractivity contribution in [3.63, 3.8) is 0 Å². The van der Waals surface area contributed by atoms with E-state index in [-0.39, 0.29) is 23.4 Å². The second-order valence-electron chi connectivity index (χ2n) is 6.47. The van der Waals surface area contributed by atoms with Gasteiger partial charge < -0.3 is 19.7 Å². The highest BCUT2D eigenvalue weighted by molar-refractivity contribution is 6.06. The molecule has 30 heavy (non-hydrogen) atoms. The molecule has 2 aromatic carbocycles. The fourth-order valence-corrected chi connectivity index (χ4v) is 3.03. The molecule has 1 aliphatic rings. The van der Waals surface area contributed by atoms with E-state index in [1.807, 2.05) is 4.90 Å². The van der Waals surface area contributed by atoms with Crippen LogP contribution in [0.15, 0.2) is 36.4 Å². The van der Waals surface area contributed by atoms with E-state index in [4.69, 9.17) is 9.47 Å². The number of benzene rings is 2. The summed E-state index contributed by atoms with van der Waals surface area (Å²) in [5.74, 6) is -2.01. The summed E-state index contributed by atoms with van der Waals surface area (Å²) in [7, 11) is 0. The Balaban J connectivity index is 1.82. The minimum atomic E-state index is -0.781. The van der Waals surface area contributed by atoms with Gasteiger partial charge in [0.25, 0.3) is 11.6 Å². The number of esters is 1. The lowest BCUT2D eigenvalue weighted by Gasteiger charge is -2.29. The number of non-ortho nitro benzene ring substituents is 1. The van der Waals surface area contributed by atoms with Gasteiger partial charge in [0.1, 0.15) is 5.82 Å². The van der Waals surface area contributed by atoms with E-state index in [0.29, 0.717) is 32.0 Å². The third kappa shape index (κ3) is 4.90. The summed E-state index contributed by atoms with van der Waals surface area (Å²) >= 11 is 0. The summed E-state index contributed by atoms with van der Waals surface area (Å²) < 4.78 is 24.6. The number of morpholine rings is 1. The number of carbonyl (C=O) groups excluding carboxylic acids is 2. The molecule has 0 unspecified atom stereocenters. The number of amides is 1. The molecule has 158 valence electrons. The molecular formula is C20H20FN3O6. The van der Waals surface area contributed by atoms with Gasteiger partial charge in [-0.1, -0.05) is 0 Å². The van der Waals surface area contributed by atoms with E-state index < -0.39 is 28.3 Å². The van der Waals surface area contributed by atoms with Crippen LogP contribution in [0.5, 0.6) is 0 Å². The number of nitro benzene ring substituents is 1. The standard InChI is InChI=1S/C20H20FN3O6/c1-2-30-20(26)14-9-13(10-16(11-14)24(27)28)19(25)22-15-3-4-18(17(21)12-15)23-5-7-29-8-6-23/h3-4,9-12H,2,5-8H2,1H3,(H,22,25). The van der Waals surface area contributed by atoms with Gasteiger partial charge >= 0.3 is 5.97 Å². The minimum Gasteiger partial charge on any atom is -0.462 e. The highest BCUT2D eigenvalue weighted by atomic mass is 19.1. The van der Waals surface area contributed by atoms with E-state index in [0.717, 1.165) is 12.1 Å². The Morgan fingerprint density at radius 2 is 1.90 bits per heavy atom. The maximum absolute atomic E-state index is 14.5. The summed E-state index contributed by atoms with van der Waals surface area (Å²) in [5, 5.41) is 13.7. The van der Waals surface area contributed by atoms with E-state index in [1.54, 1.807) is 13.0 Å². The average molecular weight is 417 g/mol. The van der Waals surface area contributed by atoms with Crippen molar-refractivity contribution < 1.29 is 28.4 Å². The van der Waals surface area contributed by atoms with Crippen molar-refractivity contribution in [1.82, 2.24) is 0 Å². The molecule has 0 spiro atoms. The Hall–Kier alpha value is -3.53. The van der Waals surface area contributed by atoms with Gasteiger partial charge in [-0.3, -0.25) is 14.9 Å². The number of hydrogen-bond acceptors (Lipinski definition) is 7. The fourth-order valence-electron chi connectivity index (χ4n) is 3.03. The number of carbonyl (C=O) groups is 2. The smallest absolute Gasteiger partial charge is 0.338 e.